The number of non-ortho nitro benzene ring substituents is 1. The van der Waals surface area contributed by atoms with E-state index in [0.29, 0.717) is 28.6 Å². The lowest BCUT2D eigenvalue weighted by Crippen LogP contribution is -2.10. The molecule has 0 aliphatic heterocycles. The van der Waals surface area contributed by atoms with Gasteiger partial charge in [-0.25, -0.2) is 0 Å². The molecule has 2 aromatic rings. The molecular weight excluding hydrogens is 288 g/mol. The number of ether oxygens (including phenoxy) is 2. The molecule has 0 aliphatic rings. The van der Waals surface area contributed by atoms with Crippen molar-refractivity contribution in [3.05, 3.63) is 46.5 Å². The van der Waals surface area contributed by atoms with Crippen molar-refractivity contribution >= 4 is 22.7 Å². The van der Waals surface area contributed by atoms with E-state index in [1.165, 1.54) is 26.4 Å². The van der Waals surface area contributed by atoms with Crippen molar-refractivity contribution in [2.45, 2.75) is 0 Å². The fraction of sp³-hybridized carbons (Fsp3) is 0.143. The van der Waals surface area contributed by atoms with Gasteiger partial charge in [-0.15, -0.1) is 0 Å². The average molecular weight is 304 g/mol. The van der Waals surface area contributed by atoms with Crippen LogP contribution in [0.1, 0.15) is 0 Å². The molecule has 0 radical (unpaired) electrons. The third kappa shape index (κ3) is 3.29. The fourth-order valence-electron chi connectivity index (χ4n) is 1.82. The predicted octanol–water partition coefficient (Wildman–Crippen LogP) is 2.63. The van der Waals surface area contributed by atoms with Crippen LogP contribution in [0.15, 0.2) is 36.4 Å². The van der Waals surface area contributed by atoms with E-state index in [4.69, 9.17) is 15.2 Å². The molecule has 8 nitrogen and oxygen atoms in total. The maximum absolute atomic E-state index is 10.6. The first-order valence-electron chi connectivity index (χ1n) is 6.33. The molecule has 0 aliphatic carbocycles. The van der Waals surface area contributed by atoms with Crippen molar-refractivity contribution in [1.29, 1.82) is 0 Å². The Balaban J connectivity index is 2.15. The first-order valence-corrected chi connectivity index (χ1v) is 6.33. The van der Waals surface area contributed by atoms with Gasteiger partial charge < -0.3 is 20.6 Å². The number of hydrogen-bond donors (Lipinski definition) is 3. The summed E-state index contributed by atoms with van der Waals surface area (Å²) in [5, 5.41) is 10.6. The quantitative estimate of drug-likeness (QED) is 0.427. The summed E-state index contributed by atoms with van der Waals surface area (Å²) in [5.74, 6) is 1.04. The number of nitrogens with zero attached hydrogens (tertiary/aromatic N) is 1. The minimum absolute atomic E-state index is 0.0253. The van der Waals surface area contributed by atoms with E-state index < -0.39 is 4.92 Å². The van der Waals surface area contributed by atoms with Crippen LogP contribution in [0, 0.1) is 10.1 Å². The number of nitro benzene ring substituents is 1. The lowest BCUT2D eigenvalue weighted by Gasteiger charge is -2.15. The number of nitro groups is 1. The summed E-state index contributed by atoms with van der Waals surface area (Å²) in [6.07, 6.45) is 0. The van der Waals surface area contributed by atoms with E-state index in [1.54, 1.807) is 24.3 Å². The lowest BCUT2D eigenvalue weighted by molar-refractivity contribution is -0.384. The van der Waals surface area contributed by atoms with E-state index in [-0.39, 0.29) is 5.69 Å². The van der Waals surface area contributed by atoms with Crippen LogP contribution in [-0.2, 0) is 0 Å². The molecule has 0 spiro atoms. The molecule has 0 unspecified atom stereocenters. The molecule has 0 aromatic heterocycles. The SMILES string of the molecule is COc1cc(NNc2ccc([N+](=O)[O-])cc2)c(OC)cc1N. The maximum Gasteiger partial charge on any atom is 0.269 e. The zero-order valence-corrected chi connectivity index (χ0v) is 12.1. The van der Waals surface area contributed by atoms with E-state index in [0.717, 1.165) is 0 Å². The topological polar surface area (TPSA) is 112 Å². The Morgan fingerprint density at radius 3 is 2.23 bits per heavy atom. The molecule has 2 aromatic carbocycles. The molecule has 0 atom stereocenters. The normalized spacial score (nSPS) is 9.91. The number of nitrogens with two attached hydrogens (primary N) is 1. The van der Waals surface area contributed by atoms with Crippen molar-refractivity contribution in [3.8, 4) is 11.5 Å². The molecular formula is C14H16N4O4. The van der Waals surface area contributed by atoms with Crippen LogP contribution in [0.3, 0.4) is 0 Å². The summed E-state index contributed by atoms with van der Waals surface area (Å²) in [4.78, 5) is 10.2. The van der Waals surface area contributed by atoms with Gasteiger partial charge in [0.2, 0.25) is 0 Å². The van der Waals surface area contributed by atoms with Gasteiger partial charge in [0, 0.05) is 24.3 Å². The van der Waals surface area contributed by atoms with Crippen LogP contribution in [0.5, 0.6) is 11.5 Å². The van der Waals surface area contributed by atoms with Gasteiger partial charge in [-0.2, -0.15) is 0 Å². The average Bonchev–Trinajstić information content (AvgIpc) is 2.53. The highest BCUT2D eigenvalue weighted by atomic mass is 16.6. The third-order valence-electron chi connectivity index (χ3n) is 2.97. The van der Waals surface area contributed by atoms with E-state index >= 15 is 0 Å². The molecule has 0 saturated carbocycles. The molecule has 4 N–H and O–H groups in total. The van der Waals surface area contributed by atoms with Crippen molar-refractivity contribution in [2.75, 3.05) is 30.8 Å². The minimum atomic E-state index is -0.453. The van der Waals surface area contributed by atoms with Crippen LogP contribution in [0.25, 0.3) is 0 Å². The first-order chi connectivity index (χ1) is 10.5. The number of hydrogen-bond acceptors (Lipinski definition) is 7. The lowest BCUT2D eigenvalue weighted by atomic mass is 10.2. The molecule has 22 heavy (non-hydrogen) atoms. The predicted molar refractivity (Wildman–Crippen MR) is 84.3 cm³/mol. The molecule has 2 rings (SSSR count). The van der Waals surface area contributed by atoms with Crippen molar-refractivity contribution in [2.24, 2.45) is 0 Å². The van der Waals surface area contributed by atoms with Crippen LogP contribution in [0.4, 0.5) is 22.7 Å². The largest absolute Gasteiger partial charge is 0.495 e. The van der Waals surface area contributed by atoms with Crippen LogP contribution in [0.2, 0.25) is 0 Å². The Bertz CT molecular complexity index is 673. The number of nitrogens with one attached hydrogen (secondary N) is 2. The van der Waals surface area contributed by atoms with E-state index in [1.807, 2.05) is 0 Å². The molecule has 0 heterocycles. The standard InChI is InChI=1S/C14H16N4O4/c1-21-13-8-12(14(22-2)7-11(13)15)17-16-9-3-5-10(6-4-9)18(19)20/h3-8,16-17H,15H2,1-2H3. The number of hydrazine groups is 1. The van der Waals surface area contributed by atoms with Gasteiger partial charge in [0.25, 0.3) is 5.69 Å². The molecule has 0 fully saturated rings. The zero-order chi connectivity index (χ0) is 16.1. The smallest absolute Gasteiger partial charge is 0.269 e. The van der Waals surface area contributed by atoms with Gasteiger partial charge in [0.15, 0.2) is 0 Å². The molecule has 116 valence electrons. The minimum Gasteiger partial charge on any atom is -0.495 e. The summed E-state index contributed by atoms with van der Waals surface area (Å²) in [5.41, 5.74) is 13.4. The highest BCUT2D eigenvalue weighted by Crippen LogP contribution is 2.34. The van der Waals surface area contributed by atoms with E-state index in [9.17, 15) is 10.1 Å². The Labute approximate surface area is 127 Å². The van der Waals surface area contributed by atoms with Gasteiger partial charge in [-0.05, 0) is 12.1 Å². The monoisotopic (exact) mass is 304 g/mol. The summed E-state index contributed by atoms with van der Waals surface area (Å²) < 4.78 is 10.4. The van der Waals surface area contributed by atoms with Gasteiger partial charge >= 0.3 is 0 Å². The van der Waals surface area contributed by atoms with Gasteiger partial charge in [-0.3, -0.25) is 15.5 Å². The van der Waals surface area contributed by atoms with Crippen LogP contribution >= 0.6 is 0 Å². The van der Waals surface area contributed by atoms with Gasteiger partial charge in [0.1, 0.15) is 11.5 Å². The highest BCUT2D eigenvalue weighted by molar-refractivity contribution is 5.70. The maximum atomic E-state index is 10.6. The summed E-state index contributed by atoms with van der Waals surface area (Å²) in [6, 6.07) is 9.32. The number of nitrogen functional groups attached to an aromatic ring is 1. The Kier molecular flexibility index (Phi) is 4.52. The number of anilines is 3. The van der Waals surface area contributed by atoms with Crippen LogP contribution < -0.4 is 26.1 Å². The zero-order valence-electron chi connectivity index (χ0n) is 12.1. The second-order valence-electron chi connectivity index (χ2n) is 4.35. The first kappa shape index (κ1) is 15.2. The molecule has 8 heteroatoms. The fourth-order valence-corrected chi connectivity index (χ4v) is 1.82. The second-order valence-corrected chi connectivity index (χ2v) is 4.35. The van der Waals surface area contributed by atoms with Crippen molar-refractivity contribution in [1.82, 2.24) is 0 Å². The van der Waals surface area contributed by atoms with Gasteiger partial charge in [-0.1, -0.05) is 0 Å². The Hall–Kier alpha value is -3.16. The third-order valence-corrected chi connectivity index (χ3v) is 2.97. The second kappa shape index (κ2) is 6.53. The Morgan fingerprint density at radius 2 is 1.68 bits per heavy atom. The number of rotatable bonds is 6. The number of benzene rings is 2. The molecule has 0 bridgehead atoms. The van der Waals surface area contributed by atoms with E-state index in [2.05, 4.69) is 10.9 Å². The Morgan fingerprint density at radius 1 is 1.05 bits per heavy atom. The van der Waals surface area contributed by atoms with Gasteiger partial charge in [0.05, 0.1) is 36.2 Å². The summed E-state index contributed by atoms with van der Waals surface area (Å²) >= 11 is 0. The summed E-state index contributed by atoms with van der Waals surface area (Å²) in [7, 11) is 3.05. The molecule has 0 saturated heterocycles. The van der Waals surface area contributed by atoms with Crippen molar-refractivity contribution in [3.63, 3.8) is 0 Å². The van der Waals surface area contributed by atoms with Crippen LogP contribution in [-0.4, -0.2) is 19.1 Å². The summed E-state index contributed by atoms with van der Waals surface area (Å²) in [6.45, 7) is 0. The number of methoxy groups -OCH3 is 2. The highest BCUT2D eigenvalue weighted by Gasteiger charge is 2.09. The molecule has 0 amide bonds. The van der Waals surface area contributed by atoms with Crippen molar-refractivity contribution < 1.29 is 14.4 Å².